The highest BCUT2D eigenvalue weighted by Crippen LogP contribution is 2.66. The van der Waals surface area contributed by atoms with E-state index in [9.17, 15) is 19.8 Å². The van der Waals surface area contributed by atoms with Gasteiger partial charge in [-0.3, -0.25) is 14.5 Å². The van der Waals surface area contributed by atoms with E-state index in [2.05, 4.69) is 37.9 Å². The number of carbonyl (C=O) groups excluding carboxylic acids is 2. The van der Waals surface area contributed by atoms with E-state index >= 15 is 0 Å². The lowest BCUT2D eigenvalue weighted by Gasteiger charge is -2.62. The molecule has 5 rings (SSSR count). The first-order chi connectivity index (χ1) is 19.3. The van der Waals surface area contributed by atoms with Gasteiger partial charge < -0.3 is 20.4 Å². The number of aliphatic hydroxyl groups excluding tert-OH is 2. The van der Waals surface area contributed by atoms with Gasteiger partial charge in [-0.2, -0.15) is 0 Å². The Morgan fingerprint density at radius 2 is 1.56 bits per heavy atom. The van der Waals surface area contributed by atoms with E-state index in [1.807, 2.05) is 18.7 Å². The molecule has 1 aliphatic heterocycles. The number of fused-ring (bicyclic) bond motifs is 5. The van der Waals surface area contributed by atoms with Gasteiger partial charge in [-0.1, -0.05) is 41.5 Å². The van der Waals surface area contributed by atoms with E-state index < -0.39 is 6.04 Å². The van der Waals surface area contributed by atoms with Crippen molar-refractivity contribution in [3.63, 3.8) is 0 Å². The highest BCUT2D eigenvalue weighted by molar-refractivity contribution is 5.87. The van der Waals surface area contributed by atoms with Gasteiger partial charge in [0.15, 0.2) is 0 Å². The molecule has 5 fully saturated rings. The van der Waals surface area contributed by atoms with Gasteiger partial charge >= 0.3 is 0 Å². The van der Waals surface area contributed by atoms with Crippen molar-refractivity contribution in [3.05, 3.63) is 0 Å². The van der Waals surface area contributed by atoms with E-state index in [1.165, 1.54) is 25.7 Å². The van der Waals surface area contributed by atoms with Crippen molar-refractivity contribution in [2.75, 3.05) is 26.2 Å². The Morgan fingerprint density at radius 3 is 2.22 bits per heavy atom. The van der Waals surface area contributed by atoms with Crippen molar-refractivity contribution >= 4 is 11.8 Å². The summed E-state index contributed by atoms with van der Waals surface area (Å²) in [4.78, 5) is 30.5. The fraction of sp³-hybridized carbons (Fsp3) is 0.941. The van der Waals surface area contributed by atoms with E-state index in [4.69, 9.17) is 0 Å². The lowest BCUT2D eigenvalue weighted by atomic mass is 9.44. The molecule has 4 saturated carbocycles. The van der Waals surface area contributed by atoms with Crippen molar-refractivity contribution in [2.45, 2.75) is 130 Å². The van der Waals surface area contributed by atoms with Crippen LogP contribution >= 0.6 is 0 Å². The Hall–Kier alpha value is -1.18. The second-order valence-corrected chi connectivity index (χ2v) is 16.1. The number of hydrogen-bond acceptors (Lipinski definition) is 5. The molecule has 234 valence electrons. The minimum Gasteiger partial charge on any atom is -0.393 e. The van der Waals surface area contributed by atoms with Crippen LogP contribution in [0.25, 0.3) is 0 Å². The number of hydrogen-bond donors (Lipinski definition) is 3. The summed E-state index contributed by atoms with van der Waals surface area (Å²) in [6.07, 6.45) is 9.57. The van der Waals surface area contributed by atoms with Gasteiger partial charge in [0.2, 0.25) is 11.8 Å². The number of carbonyl (C=O) groups is 2. The summed E-state index contributed by atoms with van der Waals surface area (Å²) >= 11 is 0. The van der Waals surface area contributed by atoms with Gasteiger partial charge in [-0.25, -0.2) is 0 Å². The molecule has 5 aliphatic rings. The van der Waals surface area contributed by atoms with Gasteiger partial charge in [0.25, 0.3) is 0 Å². The zero-order chi connectivity index (χ0) is 29.7. The number of nitrogens with zero attached hydrogens (tertiary/aromatic N) is 2. The van der Waals surface area contributed by atoms with Crippen LogP contribution in [0.2, 0.25) is 0 Å². The molecule has 7 nitrogen and oxygen atoms in total. The lowest BCUT2D eigenvalue weighted by Crippen LogP contribution is -2.63. The van der Waals surface area contributed by atoms with Gasteiger partial charge in [0.1, 0.15) is 6.04 Å². The first-order valence-electron chi connectivity index (χ1n) is 17.0. The largest absolute Gasteiger partial charge is 0.393 e. The minimum atomic E-state index is -0.460. The van der Waals surface area contributed by atoms with E-state index in [1.54, 1.807) is 0 Å². The molecular formula is C34H59N3O4. The van der Waals surface area contributed by atoms with Crippen LogP contribution in [-0.2, 0) is 9.59 Å². The molecule has 1 heterocycles. The van der Waals surface area contributed by atoms with E-state index in [0.29, 0.717) is 55.5 Å². The van der Waals surface area contributed by atoms with Crippen LogP contribution in [-0.4, -0.2) is 82.3 Å². The molecule has 1 saturated heterocycles. The average Bonchev–Trinajstić information content (AvgIpc) is 3.21. The van der Waals surface area contributed by atoms with Crippen LogP contribution in [0.15, 0.2) is 0 Å². The highest BCUT2D eigenvalue weighted by atomic mass is 16.3. The van der Waals surface area contributed by atoms with Crippen molar-refractivity contribution in [3.8, 4) is 0 Å². The molecule has 0 bridgehead atoms. The maximum absolute atomic E-state index is 13.6. The maximum Gasteiger partial charge on any atom is 0.245 e. The molecule has 10 atom stereocenters. The van der Waals surface area contributed by atoms with Gasteiger partial charge in [0.05, 0.1) is 12.2 Å². The molecule has 0 aromatic rings. The van der Waals surface area contributed by atoms with E-state index in [0.717, 1.165) is 38.8 Å². The monoisotopic (exact) mass is 573 g/mol. The quantitative estimate of drug-likeness (QED) is 0.419. The van der Waals surface area contributed by atoms with Crippen molar-refractivity contribution in [2.24, 2.45) is 46.3 Å². The minimum absolute atomic E-state index is 0.0355. The molecule has 0 unspecified atom stereocenters. The van der Waals surface area contributed by atoms with Gasteiger partial charge in [-0.05, 0) is 104 Å². The van der Waals surface area contributed by atoms with Crippen LogP contribution in [0, 0.1) is 46.3 Å². The second-order valence-electron chi connectivity index (χ2n) is 16.1. The summed E-state index contributed by atoms with van der Waals surface area (Å²) in [7, 11) is 0. The molecule has 41 heavy (non-hydrogen) atoms. The molecule has 0 spiro atoms. The molecule has 2 amide bonds. The first kappa shape index (κ1) is 31.3. The second kappa shape index (κ2) is 12.1. The van der Waals surface area contributed by atoms with Gasteiger partial charge in [-0.15, -0.1) is 0 Å². The molecule has 3 N–H and O–H groups in total. The molecule has 0 aromatic carbocycles. The normalized spacial score (nSPS) is 42.0. The Labute approximate surface area is 249 Å². The predicted octanol–water partition coefficient (Wildman–Crippen LogP) is 4.45. The van der Waals surface area contributed by atoms with Crippen molar-refractivity contribution < 1.29 is 19.8 Å². The summed E-state index contributed by atoms with van der Waals surface area (Å²) < 4.78 is 0. The van der Waals surface area contributed by atoms with Crippen LogP contribution in [0.4, 0.5) is 0 Å². The number of amides is 2. The molecule has 7 heteroatoms. The summed E-state index contributed by atoms with van der Waals surface area (Å²) in [5.74, 6) is 3.22. The first-order valence-corrected chi connectivity index (χ1v) is 17.0. The Bertz CT molecular complexity index is 948. The van der Waals surface area contributed by atoms with Crippen LogP contribution in [0.3, 0.4) is 0 Å². The van der Waals surface area contributed by atoms with Crippen LogP contribution in [0.1, 0.15) is 106 Å². The summed E-state index contributed by atoms with van der Waals surface area (Å²) in [6, 6.07) is -0.315. The topological polar surface area (TPSA) is 93.1 Å². The predicted molar refractivity (Wildman–Crippen MR) is 162 cm³/mol. The summed E-state index contributed by atoms with van der Waals surface area (Å²) in [5, 5.41) is 25.3. The highest BCUT2D eigenvalue weighted by Gasteiger charge is 2.61. The number of aliphatic hydroxyl groups is 2. The fourth-order valence-electron chi connectivity index (χ4n) is 10.4. The fourth-order valence-corrected chi connectivity index (χ4v) is 10.4. The van der Waals surface area contributed by atoms with Gasteiger partial charge in [0, 0.05) is 38.6 Å². The van der Waals surface area contributed by atoms with Crippen LogP contribution in [0.5, 0.6) is 0 Å². The standard InChI is InChI=1S/C34H59N3O4/c1-21(2)17-27(35-31(40)18-22(3)4)32(41)37-15-13-36(14-16-37)28-20-34(6)23(19-29(28)38)7-8-24-25-9-10-30(39)33(25,5)12-11-26(24)34/h21-30,38-39H,7-20H2,1-6H3,(H,35,40)/t23-,24-,25-,26-,27-,28-,29-,30-,33-,34-/m0/s1. The summed E-state index contributed by atoms with van der Waals surface area (Å²) in [5.41, 5.74) is 0.334. The average molecular weight is 574 g/mol. The number of piperazine rings is 1. The molecule has 0 radical (unpaired) electrons. The molecule has 4 aliphatic carbocycles. The third kappa shape index (κ3) is 5.98. The summed E-state index contributed by atoms with van der Waals surface area (Å²) in [6.45, 7) is 16.0. The Balaban J connectivity index is 1.23. The number of rotatable bonds is 7. The molecular weight excluding hydrogens is 514 g/mol. The third-order valence-corrected chi connectivity index (χ3v) is 12.7. The Kier molecular flexibility index (Phi) is 9.20. The maximum atomic E-state index is 13.6. The SMILES string of the molecule is CC(C)CC(=O)N[C@@H](CC(C)C)C(=O)N1CCN([C@H]2C[C@@]3(C)[C@@H](CC[C@@H]4[C@@H]3CC[C@]3(C)[C@@H](O)CC[C@@H]43)C[C@@H]2O)CC1. The molecule has 0 aromatic heterocycles. The van der Waals surface area contributed by atoms with Crippen molar-refractivity contribution in [1.82, 2.24) is 15.1 Å². The smallest absolute Gasteiger partial charge is 0.245 e. The number of nitrogens with one attached hydrogen (secondary N) is 1. The zero-order valence-electron chi connectivity index (χ0n) is 26.8. The van der Waals surface area contributed by atoms with Crippen LogP contribution < -0.4 is 5.32 Å². The lowest BCUT2D eigenvalue weighted by molar-refractivity contribution is -0.157. The third-order valence-electron chi connectivity index (χ3n) is 12.7. The Morgan fingerprint density at radius 1 is 0.878 bits per heavy atom. The van der Waals surface area contributed by atoms with Crippen molar-refractivity contribution in [1.29, 1.82) is 0 Å². The van der Waals surface area contributed by atoms with E-state index in [-0.39, 0.29) is 46.8 Å². The zero-order valence-corrected chi connectivity index (χ0v) is 26.8.